The second-order valence-electron chi connectivity index (χ2n) is 6.74. The first-order valence-electron chi connectivity index (χ1n) is 8.46. The topological polar surface area (TPSA) is 77.4 Å². The Bertz CT molecular complexity index is 520. The van der Waals surface area contributed by atoms with Crippen LogP contribution in [0.2, 0.25) is 0 Å². The lowest BCUT2D eigenvalue weighted by molar-refractivity contribution is -0.244. The van der Waals surface area contributed by atoms with Crippen molar-refractivity contribution in [3.63, 3.8) is 0 Å². The van der Waals surface area contributed by atoms with E-state index in [0.29, 0.717) is 6.61 Å². The van der Waals surface area contributed by atoms with Crippen molar-refractivity contribution < 1.29 is 29.2 Å². The lowest BCUT2D eigenvalue weighted by Gasteiger charge is -2.25. The Balaban J connectivity index is 1.53. The molecule has 2 aliphatic heterocycles. The zero-order chi connectivity index (χ0) is 17.2. The highest BCUT2D eigenvalue weighted by Crippen LogP contribution is 2.40. The summed E-state index contributed by atoms with van der Waals surface area (Å²) in [6.45, 7) is 3.77. The molecule has 0 saturated carbocycles. The van der Waals surface area contributed by atoms with E-state index in [-0.39, 0.29) is 0 Å². The molecule has 0 radical (unpaired) electrons. The summed E-state index contributed by atoms with van der Waals surface area (Å²) in [4.78, 5) is 0. The molecule has 2 fully saturated rings. The van der Waals surface area contributed by atoms with Crippen molar-refractivity contribution >= 4 is 0 Å². The molecule has 1 aromatic carbocycles. The van der Waals surface area contributed by atoms with Gasteiger partial charge in [0.25, 0.3) is 0 Å². The summed E-state index contributed by atoms with van der Waals surface area (Å²) >= 11 is 0. The number of ether oxygens (including phenoxy) is 4. The summed E-state index contributed by atoms with van der Waals surface area (Å²) in [5.41, 5.74) is 1.27. The molecule has 6 nitrogen and oxygen atoms in total. The van der Waals surface area contributed by atoms with E-state index in [2.05, 4.69) is 12.1 Å². The predicted molar refractivity (Wildman–Crippen MR) is 86.3 cm³/mol. The molecule has 2 N–H and O–H groups in total. The molecule has 2 saturated heterocycles. The Hall–Kier alpha value is -1.02. The molecule has 2 aliphatic rings. The third-order valence-electron chi connectivity index (χ3n) is 4.35. The van der Waals surface area contributed by atoms with Gasteiger partial charge in [-0.15, -0.1) is 0 Å². The Morgan fingerprint density at radius 2 is 1.88 bits per heavy atom. The number of fused-ring (bicyclic) bond motifs is 1. The van der Waals surface area contributed by atoms with E-state index < -0.39 is 43.1 Å². The molecule has 0 spiro atoms. The monoisotopic (exact) mass is 338 g/mol. The van der Waals surface area contributed by atoms with Gasteiger partial charge in [-0.05, 0) is 32.3 Å². The quantitative estimate of drug-likeness (QED) is 0.728. The number of hydrogen-bond acceptors (Lipinski definition) is 6. The molecular weight excluding hydrogens is 312 g/mol. The summed E-state index contributed by atoms with van der Waals surface area (Å²) in [5.74, 6) is -0.752. The van der Waals surface area contributed by atoms with E-state index >= 15 is 0 Å². The average molecular weight is 338 g/mol. The predicted octanol–water partition coefficient (Wildman–Crippen LogP) is 1.23. The molecule has 2 heterocycles. The lowest BCUT2D eigenvalue weighted by atomic mass is 10.1. The van der Waals surface area contributed by atoms with Crippen LogP contribution in [0, 0.1) is 0 Å². The molecule has 6 heteroatoms. The van der Waals surface area contributed by atoms with Gasteiger partial charge in [-0.25, -0.2) is 0 Å². The van der Waals surface area contributed by atoms with E-state index in [1.54, 1.807) is 0 Å². The number of hydrogen-bond donors (Lipinski definition) is 2. The smallest absolute Gasteiger partial charge is 0.187 e. The molecular formula is C18H26O6. The molecule has 0 aliphatic carbocycles. The largest absolute Gasteiger partial charge is 0.394 e. The van der Waals surface area contributed by atoms with Gasteiger partial charge in [0.2, 0.25) is 0 Å². The van der Waals surface area contributed by atoms with Gasteiger partial charge in [-0.2, -0.15) is 0 Å². The van der Waals surface area contributed by atoms with Crippen LogP contribution in [-0.2, 0) is 25.4 Å². The van der Waals surface area contributed by atoms with Gasteiger partial charge >= 0.3 is 0 Å². The highest BCUT2D eigenvalue weighted by atomic mass is 16.8. The molecule has 0 amide bonds. The van der Waals surface area contributed by atoms with Crippen molar-refractivity contribution in [3.8, 4) is 0 Å². The minimum absolute atomic E-state index is 0.390. The highest BCUT2D eigenvalue weighted by Gasteiger charge is 2.57. The van der Waals surface area contributed by atoms with Crippen LogP contribution in [-0.4, -0.2) is 59.9 Å². The van der Waals surface area contributed by atoms with Crippen molar-refractivity contribution in [3.05, 3.63) is 35.9 Å². The minimum atomic E-state index is -1.02. The SMILES string of the molecule is CC1(C)O[C@@H]2[C@H](O1)[C@@H](OCCCc1ccccc1)O[C@@H]2[C@H](O)CO. The van der Waals surface area contributed by atoms with Gasteiger partial charge in [0.15, 0.2) is 12.1 Å². The van der Waals surface area contributed by atoms with Gasteiger partial charge < -0.3 is 29.2 Å². The summed E-state index contributed by atoms with van der Waals surface area (Å²) in [5, 5.41) is 19.2. The van der Waals surface area contributed by atoms with Crippen LogP contribution in [0.3, 0.4) is 0 Å². The van der Waals surface area contributed by atoms with Crippen LogP contribution >= 0.6 is 0 Å². The van der Waals surface area contributed by atoms with Crippen LogP contribution in [0.1, 0.15) is 25.8 Å². The van der Waals surface area contributed by atoms with Crippen molar-refractivity contribution in [2.24, 2.45) is 0 Å². The standard InChI is InChI=1S/C18H26O6/c1-18(2)23-15-14(13(20)11-19)22-17(16(15)24-18)21-10-6-9-12-7-4-3-5-8-12/h3-5,7-8,13-17,19-20H,6,9-11H2,1-2H3/t13-,14-,15+,16+,17+/m1/s1. The number of benzene rings is 1. The third-order valence-corrected chi connectivity index (χ3v) is 4.35. The first-order chi connectivity index (χ1) is 11.5. The fourth-order valence-electron chi connectivity index (χ4n) is 3.26. The molecule has 134 valence electrons. The van der Waals surface area contributed by atoms with E-state index in [1.165, 1.54) is 5.56 Å². The number of rotatable bonds is 7. The summed E-state index contributed by atoms with van der Waals surface area (Å²) in [7, 11) is 0. The van der Waals surface area contributed by atoms with E-state index in [4.69, 9.17) is 18.9 Å². The average Bonchev–Trinajstić information content (AvgIpc) is 3.05. The van der Waals surface area contributed by atoms with Crippen LogP contribution in [0.4, 0.5) is 0 Å². The van der Waals surface area contributed by atoms with Crippen molar-refractivity contribution in [2.45, 2.75) is 63.2 Å². The van der Waals surface area contributed by atoms with Crippen molar-refractivity contribution in [1.29, 1.82) is 0 Å². The normalized spacial score (nSPS) is 32.7. The zero-order valence-corrected chi connectivity index (χ0v) is 14.1. The maximum atomic E-state index is 9.95. The first-order valence-corrected chi connectivity index (χ1v) is 8.46. The van der Waals surface area contributed by atoms with Gasteiger partial charge in [0.1, 0.15) is 24.4 Å². The van der Waals surface area contributed by atoms with Gasteiger partial charge in [-0.1, -0.05) is 30.3 Å². The molecule has 0 aromatic heterocycles. The van der Waals surface area contributed by atoms with Gasteiger partial charge in [-0.3, -0.25) is 0 Å². The summed E-state index contributed by atoms with van der Waals surface area (Å²) in [6, 6.07) is 10.2. The van der Waals surface area contributed by atoms with E-state index in [1.807, 2.05) is 32.0 Å². The third kappa shape index (κ3) is 3.96. The Kier molecular flexibility index (Phi) is 5.54. The van der Waals surface area contributed by atoms with Crippen LogP contribution < -0.4 is 0 Å². The van der Waals surface area contributed by atoms with Gasteiger partial charge in [0.05, 0.1) is 13.2 Å². The summed E-state index contributed by atoms with van der Waals surface area (Å²) in [6.07, 6.45) is -1.33. The fraction of sp³-hybridized carbons (Fsp3) is 0.667. The lowest BCUT2D eigenvalue weighted by Crippen LogP contribution is -2.40. The van der Waals surface area contributed by atoms with Crippen LogP contribution in [0.15, 0.2) is 30.3 Å². The Labute approximate surface area is 142 Å². The molecule has 0 bridgehead atoms. The zero-order valence-electron chi connectivity index (χ0n) is 14.1. The van der Waals surface area contributed by atoms with Crippen LogP contribution in [0.5, 0.6) is 0 Å². The first kappa shape index (κ1) is 17.8. The van der Waals surface area contributed by atoms with Crippen LogP contribution in [0.25, 0.3) is 0 Å². The Morgan fingerprint density at radius 3 is 2.58 bits per heavy atom. The van der Waals surface area contributed by atoms with E-state index in [0.717, 1.165) is 12.8 Å². The number of aliphatic hydroxyl groups is 2. The highest BCUT2D eigenvalue weighted by molar-refractivity contribution is 5.14. The fourth-order valence-corrected chi connectivity index (χ4v) is 3.26. The molecule has 0 unspecified atom stereocenters. The second-order valence-corrected chi connectivity index (χ2v) is 6.74. The molecule has 24 heavy (non-hydrogen) atoms. The number of aryl methyl sites for hydroxylation is 1. The van der Waals surface area contributed by atoms with Crippen molar-refractivity contribution in [1.82, 2.24) is 0 Å². The minimum Gasteiger partial charge on any atom is -0.394 e. The second kappa shape index (κ2) is 7.47. The Morgan fingerprint density at radius 1 is 1.17 bits per heavy atom. The van der Waals surface area contributed by atoms with E-state index in [9.17, 15) is 10.2 Å². The summed E-state index contributed by atoms with van der Waals surface area (Å²) < 4.78 is 23.3. The number of aliphatic hydroxyl groups excluding tert-OH is 2. The molecule has 1 aromatic rings. The maximum Gasteiger partial charge on any atom is 0.187 e. The van der Waals surface area contributed by atoms with Crippen molar-refractivity contribution in [2.75, 3.05) is 13.2 Å². The maximum absolute atomic E-state index is 9.95. The molecule has 5 atom stereocenters. The molecule has 3 rings (SSSR count). The van der Waals surface area contributed by atoms with Gasteiger partial charge in [0, 0.05) is 0 Å².